The van der Waals surface area contributed by atoms with E-state index in [1.54, 1.807) is 21.3 Å². The van der Waals surface area contributed by atoms with Gasteiger partial charge in [-0.05, 0) is 98.4 Å². The molecule has 232 valence electrons. The third kappa shape index (κ3) is 6.35. The first-order chi connectivity index (χ1) is 20.6. The number of allylic oxidation sites excluding steroid dienone is 2. The third-order valence-electron chi connectivity index (χ3n) is 9.27. The highest BCUT2D eigenvalue weighted by atomic mass is 16.7. The fourth-order valence-electron chi connectivity index (χ4n) is 7.00. The minimum atomic E-state index is -0.321. The van der Waals surface area contributed by atoms with E-state index in [0.717, 1.165) is 64.8 Å². The molecule has 2 aliphatic rings. The van der Waals surface area contributed by atoms with Gasteiger partial charge >= 0.3 is 0 Å². The molecule has 3 atom stereocenters. The van der Waals surface area contributed by atoms with Crippen molar-refractivity contribution in [2.45, 2.75) is 72.0 Å². The van der Waals surface area contributed by atoms with Crippen molar-refractivity contribution in [3.8, 4) is 17.2 Å². The Morgan fingerprint density at radius 3 is 2.40 bits per heavy atom. The first kappa shape index (κ1) is 31.2. The zero-order chi connectivity index (χ0) is 30.8. The Hall–Kier alpha value is -3.26. The highest BCUT2D eigenvalue weighted by Crippen LogP contribution is 2.55. The third-order valence-corrected chi connectivity index (χ3v) is 9.27. The maximum atomic E-state index is 6.86. The van der Waals surface area contributed by atoms with E-state index < -0.39 is 0 Å². The van der Waals surface area contributed by atoms with Gasteiger partial charge in [0.25, 0.3) is 0 Å². The molecule has 0 spiro atoms. The molecule has 1 aliphatic carbocycles. The number of methoxy groups -OCH3 is 3. The van der Waals surface area contributed by atoms with E-state index in [9.17, 15) is 0 Å². The van der Waals surface area contributed by atoms with Crippen LogP contribution in [0.3, 0.4) is 0 Å². The first-order valence-electron chi connectivity index (χ1n) is 15.2. The van der Waals surface area contributed by atoms with Gasteiger partial charge in [0, 0.05) is 31.7 Å². The van der Waals surface area contributed by atoms with Gasteiger partial charge < -0.3 is 33.4 Å². The molecule has 3 aromatic rings. The van der Waals surface area contributed by atoms with Crippen molar-refractivity contribution in [2.24, 2.45) is 11.3 Å². The zero-order valence-corrected chi connectivity index (χ0v) is 27.0. The van der Waals surface area contributed by atoms with Gasteiger partial charge in [-0.1, -0.05) is 37.6 Å². The fraction of sp³-hybridized carbons (Fsp3) is 0.500. The molecule has 1 aromatic heterocycles. The number of fused-ring (bicyclic) bond motifs is 3. The number of rotatable bonds is 11. The van der Waals surface area contributed by atoms with Crippen LogP contribution in [0.15, 0.2) is 42.1 Å². The molecule has 1 saturated carbocycles. The lowest BCUT2D eigenvalue weighted by atomic mass is 9.57. The summed E-state index contributed by atoms with van der Waals surface area (Å²) in [5.74, 6) is 2.65. The number of hydrogen-bond acceptors (Lipinski definition) is 6. The minimum absolute atomic E-state index is 0.100. The molecule has 7 nitrogen and oxygen atoms in total. The summed E-state index contributed by atoms with van der Waals surface area (Å²) < 4.78 is 35.4. The number of aromatic nitrogens is 1. The van der Waals surface area contributed by atoms with Crippen molar-refractivity contribution in [1.29, 1.82) is 0 Å². The van der Waals surface area contributed by atoms with E-state index in [2.05, 4.69) is 82.2 Å². The molecule has 1 aliphatic heterocycles. The Morgan fingerprint density at radius 1 is 0.977 bits per heavy atom. The molecule has 0 unspecified atom stereocenters. The summed E-state index contributed by atoms with van der Waals surface area (Å²) in [7, 11) is 5.04. The Morgan fingerprint density at radius 2 is 1.70 bits per heavy atom. The summed E-state index contributed by atoms with van der Waals surface area (Å²) in [5.41, 5.74) is 6.38. The van der Waals surface area contributed by atoms with Gasteiger partial charge in [0.1, 0.15) is 18.1 Å². The largest absolute Gasteiger partial charge is 0.496 e. The average molecular weight is 590 g/mol. The SMILES string of the molecule is COCOc1cc(/C=C/c2cc(OC)c3c(CC=C(C)C)c[nH]c3c2)cc2c1O[C@]1(C)CC[C@@H](OCOC)C(C)(C)[C@H]1C2. The van der Waals surface area contributed by atoms with E-state index >= 15 is 0 Å². The molecule has 0 radical (unpaired) electrons. The smallest absolute Gasteiger partial charge is 0.188 e. The number of benzene rings is 2. The van der Waals surface area contributed by atoms with Crippen LogP contribution in [-0.2, 0) is 27.1 Å². The Bertz CT molecular complexity index is 1500. The molecular weight excluding hydrogens is 542 g/mol. The number of nitrogens with one attached hydrogen (secondary N) is 1. The highest BCUT2D eigenvalue weighted by Gasteiger charge is 2.55. The van der Waals surface area contributed by atoms with E-state index in [1.807, 2.05) is 6.07 Å². The molecule has 0 saturated heterocycles. The number of ether oxygens (including phenoxy) is 6. The minimum Gasteiger partial charge on any atom is -0.496 e. The molecule has 2 aromatic carbocycles. The summed E-state index contributed by atoms with van der Waals surface area (Å²) in [6.45, 7) is 11.5. The lowest BCUT2D eigenvalue weighted by Crippen LogP contribution is -2.59. The molecule has 2 heterocycles. The standard InChI is InChI=1S/C36H47NO6/c1-23(2)9-12-26-20-37-28-16-25(17-29(40-8)33(26)28)11-10-24-15-27-19-31-35(3,4)32(42-22-39-7)13-14-36(31,5)43-34(27)30(18-24)41-21-38-6/h9-11,15-18,20,31-32,37H,12-14,19,21-22H2,1-8H3/b11-10+/t31-,32-,36-/m1/s1. The van der Waals surface area contributed by atoms with Crippen molar-refractivity contribution in [3.63, 3.8) is 0 Å². The lowest BCUT2D eigenvalue weighted by molar-refractivity contribution is -0.185. The maximum absolute atomic E-state index is 6.86. The number of H-pyrrole nitrogens is 1. The Balaban J connectivity index is 1.48. The topological polar surface area (TPSA) is 71.2 Å². The van der Waals surface area contributed by atoms with Gasteiger partial charge in [-0.3, -0.25) is 0 Å². The van der Waals surface area contributed by atoms with Crippen LogP contribution in [-0.4, -0.2) is 51.6 Å². The summed E-state index contributed by atoms with van der Waals surface area (Å²) in [6.07, 6.45) is 12.2. The average Bonchev–Trinajstić information content (AvgIpc) is 3.39. The highest BCUT2D eigenvalue weighted by molar-refractivity contribution is 5.92. The van der Waals surface area contributed by atoms with Crippen LogP contribution >= 0.6 is 0 Å². The van der Waals surface area contributed by atoms with Crippen LogP contribution in [0.5, 0.6) is 17.2 Å². The Kier molecular flexibility index (Phi) is 9.26. The predicted octanol–water partition coefficient (Wildman–Crippen LogP) is 7.96. The Labute approximate surface area is 256 Å². The normalized spacial score (nSPS) is 22.6. The van der Waals surface area contributed by atoms with Crippen molar-refractivity contribution in [1.82, 2.24) is 4.98 Å². The molecule has 7 heteroatoms. The van der Waals surface area contributed by atoms with Crippen LogP contribution in [0.4, 0.5) is 0 Å². The van der Waals surface area contributed by atoms with Gasteiger partial charge in [-0.15, -0.1) is 0 Å². The molecule has 43 heavy (non-hydrogen) atoms. The molecular formula is C36H47NO6. The van der Waals surface area contributed by atoms with E-state index in [1.165, 1.54) is 11.1 Å². The van der Waals surface area contributed by atoms with Crippen molar-refractivity contribution < 1.29 is 28.4 Å². The van der Waals surface area contributed by atoms with E-state index in [0.29, 0.717) is 12.5 Å². The summed E-state index contributed by atoms with van der Waals surface area (Å²) in [5, 5.41) is 1.13. The number of hydrogen-bond donors (Lipinski definition) is 1. The second-order valence-electron chi connectivity index (χ2n) is 12.9. The zero-order valence-electron chi connectivity index (χ0n) is 27.0. The lowest BCUT2D eigenvalue weighted by Gasteiger charge is -2.56. The predicted molar refractivity (Wildman–Crippen MR) is 172 cm³/mol. The quantitative estimate of drug-likeness (QED) is 0.139. The van der Waals surface area contributed by atoms with Crippen LogP contribution in [0.25, 0.3) is 23.1 Å². The molecule has 1 N–H and O–H groups in total. The summed E-state index contributed by atoms with van der Waals surface area (Å²) in [6, 6.07) is 8.53. The first-order valence-corrected chi connectivity index (χ1v) is 15.2. The van der Waals surface area contributed by atoms with Crippen molar-refractivity contribution in [3.05, 3.63) is 64.4 Å². The van der Waals surface area contributed by atoms with Gasteiger partial charge in [-0.25, -0.2) is 0 Å². The molecule has 1 fully saturated rings. The fourth-order valence-corrected chi connectivity index (χ4v) is 7.00. The van der Waals surface area contributed by atoms with Crippen molar-refractivity contribution in [2.75, 3.05) is 34.9 Å². The summed E-state index contributed by atoms with van der Waals surface area (Å²) in [4.78, 5) is 3.44. The molecule has 5 rings (SSSR count). The van der Waals surface area contributed by atoms with E-state index in [4.69, 9.17) is 28.4 Å². The van der Waals surface area contributed by atoms with Crippen LogP contribution in [0, 0.1) is 11.3 Å². The van der Waals surface area contributed by atoms with Gasteiger partial charge in [0.15, 0.2) is 18.3 Å². The number of aromatic amines is 1. The van der Waals surface area contributed by atoms with Crippen LogP contribution < -0.4 is 14.2 Å². The van der Waals surface area contributed by atoms with Gasteiger partial charge in [0.2, 0.25) is 0 Å². The molecule has 0 amide bonds. The molecule has 0 bridgehead atoms. The van der Waals surface area contributed by atoms with Crippen LogP contribution in [0.2, 0.25) is 0 Å². The van der Waals surface area contributed by atoms with Gasteiger partial charge in [0.05, 0.1) is 18.7 Å². The van der Waals surface area contributed by atoms with Crippen molar-refractivity contribution >= 4 is 23.1 Å². The maximum Gasteiger partial charge on any atom is 0.188 e. The monoisotopic (exact) mass is 589 g/mol. The second-order valence-corrected chi connectivity index (χ2v) is 12.9. The van der Waals surface area contributed by atoms with Crippen LogP contribution in [0.1, 0.15) is 69.7 Å². The van der Waals surface area contributed by atoms with Gasteiger partial charge in [-0.2, -0.15) is 0 Å². The summed E-state index contributed by atoms with van der Waals surface area (Å²) >= 11 is 0. The second kappa shape index (κ2) is 12.8. The van der Waals surface area contributed by atoms with E-state index in [-0.39, 0.29) is 29.8 Å².